The summed E-state index contributed by atoms with van der Waals surface area (Å²) in [6, 6.07) is 2.00. The molecular formula is C13H11ClF4N4. The van der Waals surface area contributed by atoms with Gasteiger partial charge in [-0.15, -0.1) is 10.2 Å². The summed E-state index contributed by atoms with van der Waals surface area (Å²) in [4.78, 5) is 3.98. The van der Waals surface area contributed by atoms with Crippen molar-refractivity contribution < 1.29 is 17.6 Å². The highest BCUT2D eigenvalue weighted by atomic mass is 35.5. The van der Waals surface area contributed by atoms with Crippen LogP contribution in [0, 0.1) is 0 Å². The lowest BCUT2D eigenvalue weighted by Gasteiger charge is -2.27. The quantitative estimate of drug-likeness (QED) is 0.637. The lowest BCUT2D eigenvalue weighted by Crippen LogP contribution is -2.41. The Balaban J connectivity index is 2.21. The molecule has 1 atom stereocenters. The van der Waals surface area contributed by atoms with Gasteiger partial charge in [0, 0.05) is 24.2 Å². The second-order valence-corrected chi connectivity index (χ2v) is 5.69. The summed E-state index contributed by atoms with van der Waals surface area (Å²) in [5, 5.41) is 6.48. The van der Waals surface area contributed by atoms with E-state index in [1.807, 2.05) is 0 Å². The smallest absolute Gasteiger partial charge is 0.317 e. The van der Waals surface area contributed by atoms with Gasteiger partial charge in [0.25, 0.3) is 5.67 Å². The van der Waals surface area contributed by atoms with Crippen LogP contribution in [0.5, 0.6) is 0 Å². The highest BCUT2D eigenvalue weighted by Gasteiger charge is 2.62. The van der Waals surface area contributed by atoms with Crippen molar-refractivity contribution in [2.45, 2.75) is 30.6 Å². The summed E-state index contributed by atoms with van der Waals surface area (Å²) < 4.78 is 56.5. The van der Waals surface area contributed by atoms with E-state index < -0.39 is 23.2 Å². The van der Waals surface area contributed by atoms with Gasteiger partial charge >= 0.3 is 6.18 Å². The number of rotatable bonds is 3. The standard InChI is InChI=1S/C13H11ClF4N4/c1-22-6-19-21-11(22)12(15,13(16,17)18)8-4-9(7-2-3-7)20-10(14)5-8/h4-7H,2-3H2,1H3/t12-/m1/s1. The zero-order chi connectivity index (χ0) is 16.1. The van der Waals surface area contributed by atoms with Crippen LogP contribution in [-0.4, -0.2) is 25.9 Å². The lowest BCUT2D eigenvalue weighted by molar-refractivity contribution is -0.222. The van der Waals surface area contributed by atoms with E-state index in [0.717, 1.165) is 35.9 Å². The largest absolute Gasteiger partial charge is 0.434 e. The van der Waals surface area contributed by atoms with E-state index in [0.29, 0.717) is 5.69 Å². The van der Waals surface area contributed by atoms with E-state index in [1.165, 1.54) is 7.05 Å². The molecule has 0 unspecified atom stereocenters. The molecule has 0 N–H and O–H groups in total. The Kier molecular flexibility index (Phi) is 3.39. The van der Waals surface area contributed by atoms with Gasteiger partial charge in [0.2, 0.25) is 0 Å². The molecule has 1 aliphatic carbocycles. The third-order valence-electron chi connectivity index (χ3n) is 3.62. The van der Waals surface area contributed by atoms with Gasteiger partial charge in [0.1, 0.15) is 11.5 Å². The van der Waals surface area contributed by atoms with Crippen LogP contribution in [0.25, 0.3) is 0 Å². The first-order valence-electron chi connectivity index (χ1n) is 6.51. The fourth-order valence-electron chi connectivity index (χ4n) is 2.32. The topological polar surface area (TPSA) is 43.6 Å². The van der Waals surface area contributed by atoms with Gasteiger partial charge in [0.05, 0.1) is 0 Å². The summed E-state index contributed by atoms with van der Waals surface area (Å²) in [6.07, 6.45) is -2.58. The van der Waals surface area contributed by atoms with Crippen molar-refractivity contribution in [3.63, 3.8) is 0 Å². The van der Waals surface area contributed by atoms with E-state index in [2.05, 4.69) is 15.2 Å². The average molecular weight is 335 g/mol. The molecule has 9 heteroatoms. The first-order chi connectivity index (χ1) is 10.2. The van der Waals surface area contributed by atoms with Crippen LogP contribution in [-0.2, 0) is 12.7 Å². The summed E-state index contributed by atoms with van der Waals surface area (Å²) in [6.45, 7) is 0. The first kappa shape index (κ1) is 15.2. The SMILES string of the molecule is Cn1cnnc1[C@](F)(c1cc(Cl)nc(C2CC2)c1)C(F)(F)F. The molecular weight excluding hydrogens is 324 g/mol. The van der Waals surface area contributed by atoms with Gasteiger partial charge < -0.3 is 4.57 Å². The van der Waals surface area contributed by atoms with Gasteiger partial charge in [0.15, 0.2) is 5.82 Å². The van der Waals surface area contributed by atoms with Crippen molar-refractivity contribution in [3.05, 3.63) is 40.7 Å². The van der Waals surface area contributed by atoms with E-state index in [1.54, 1.807) is 0 Å². The maximum absolute atomic E-state index is 15.2. The number of hydrogen-bond acceptors (Lipinski definition) is 3. The third kappa shape index (κ3) is 2.35. The van der Waals surface area contributed by atoms with Gasteiger partial charge in [-0.3, -0.25) is 0 Å². The van der Waals surface area contributed by atoms with Crippen LogP contribution in [0.3, 0.4) is 0 Å². The predicted molar refractivity (Wildman–Crippen MR) is 70.2 cm³/mol. The molecule has 2 aromatic heterocycles. The fraction of sp³-hybridized carbons (Fsp3) is 0.462. The zero-order valence-electron chi connectivity index (χ0n) is 11.4. The highest BCUT2D eigenvalue weighted by molar-refractivity contribution is 6.29. The van der Waals surface area contributed by atoms with Crippen LogP contribution in [0.2, 0.25) is 5.15 Å². The molecule has 1 saturated carbocycles. The molecule has 3 rings (SSSR count). The maximum atomic E-state index is 15.2. The first-order valence-corrected chi connectivity index (χ1v) is 6.89. The van der Waals surface area contributed by atoms with E-state index in [4.69, 9.17) is 11.6 Å². The average Bonchev–Trinajstić information content (AvgIpc) is 3.18. The molecule has 0 aliphatic heterocycles. The summed E-state index contributed by atoms with van der Waals surface area (Å²) in [5.41, 5.74) is -4.05. The van der Waals surface area contributed by atoms with Gasteiger partial charge in [-0.25, -0.2) is 9.37 Å². The summed E-state index contributed by atoms with van der Waals surface area (Å²) in [7, 11) is 1.25. The van der Waals surface area contributed by atoms with Crippen molar-refractivity contribution in [1.29, 1.82) is 0 Å². The molecule has 0 amide bonds. The Hall–Kier alpha value is -1.70. The molecule has 22 heavy (non-hydrogen) atoms. The molecule has 0 bridgehead atoms. The minimum Gasteiger partial charge on any atom is -0.317 e. The maximum Gasteiger partial charge on any atom is 0.434 e. The number of aryl methyl sites for hydroxylation is 1. The minimum absolute atomic E-state index is 0.0365. The van der Waals surface area contributed by atoms with E-state index in [9.17, 15) is 13.2 Å². The molecule has 0 aromatic carbocycles. The number of aromatic nitrogens is 4. The third-order valence-corrected chi connectivity index (χ3v) is 3.81. The molecule has 118 valence electrons. The van der Waals surface area contributed by atoms with Gasteiger partial charge in [-0.1, -0.05) is 11.6 Å². The van der Waals surface area contributed by atoms with Gasteiger partial charge in [-0.05, 0) is 25.0 Å². The van der Waals surface area contributed by atoms with E-state index >= 15 is 4.39 Å². The van der Waals surface area contributed by atoms with Crippen molar-refractivity contribution in [1.82, 2.24) is 19.7 Å². The fourth-order valence-corrected chi connectivity index (χ4v) is 2.53. The Bertz CT molecular complexity index is 710. The normalized spacial score (nSPS) is 18.3. The van der Waals surface area contributed by atoms with Crippen LogP contribution in [0.1, 0.15) is 35.8 Å². The van der Waals surface area contributed by atoms with Crippen LogP contribution >= 0.6 is 11.6 Å². The molecule has 0 spiro atoms. The molecule has 1 aliphatic rings. The van der Waals surface area contributed by atoms with Crippen molar-refractivity contribution >= 4 is 11.6 Å². The van der Waals surface area contributed by atoms with Crippen LogP contribution in [0.15, 0.2) is 18.5 Å². The van der Waals surface area contributed by atoms with Crippen molar-refractivity contribution in [2.24, 2.45) is 7.05 Å². The highest BCUT2D eigenvalue weighted by Crippen LogP contribution is 2.48. The Labute approximate surface area is 128 Å². The monoisotopic (exact) mass is 334 g/mol. The number of halogens is 5. The molecule has 0 saturated heterocycles. The minimum atomic E-state index is -5.21. The Morgan fingerprint density at radius 2 is 1.91 bits per heavy atom. The number of hydrogen-bond donors (Lipinski definition) is 0. The number of alkyl halides is 4. The molecule has 0 radical (unpaired) electrons. The molecule has 2 aromatic rings. The molecule has 4 nitrogen and oxygen atoms in total. The van der Waals surface area contributed by atoms with E-state index in [-0.39, 0.29) is 11.1 Å². The van der Waals surface area contributed by atoms with Crippen LogP contribution in [0.4, 0.5) is 17.6 Å². The Morgan fingerprint density at radius 3 is 2.41 bits per heavy atom. The van der Waals surface area contributed by atoms with Crippen molar-refractivity contribution in [2.75, 3.05) is 0 Å². The Morgan fingerprint density at radius 1 is 1.23 bits per heavy atom. The number of pyridine rings is 1. The second-order valence-electron chi connectivity index (χ2n) is 5.30. The predicted octanol–water partition coefficient (Wildman–Crippen LogP) is 3.52. The second kappa shape index (κ2) is 4.91. The van der Waals surface area contributed by atoms with Crippen molar-refractivity contribution in [3.8, 4) is 0 Å². The lowest BCUT2D eigenvalue weighted by atomic mass is 9.93. The number of nitrogens with zero attached hydrogens (tertiary/aromatic N) is 4. The summed E-state index contributed by atoms with van der Waals surface area (Å²) >= 11 is 5.79. The van der Waals surface area contributed by atoms with Gasteiger partial charge in [-0.2, -0.15) is 13.2 Å². The molecule has 1 fully saturated rings. The molecule has 2 heterocycles. The summed E-state index contributed by atoms with van der Waals surface area (Å²) in [5.74, 6) is -0.807. The zero-order valence-corrected chi connectivity index (χ0v) is 12.2. The van der Waals surface area contributed by atoms with Crippen LogP contribution < -0.4 is 0 Å².